The van der Waals surface area contributed by atoms with Gasteiger partial charge in [-0.2, -0.15) is 13.2 Å². The molecule has 1 aliphatic rings. The van der Waals surface area contributed by atoms with Crippen LogP contribution in [-0.2, 0) is 15.7 Å². The first kappa shape index (κ1) is 27.9. The highest BCUT2D eigenvalue weighted by Crippen LogP contribution is 2.36. The van der Waals surface area contributed by atoms with Gasteiger partial charge in [0.1, 0.15) is 12.7 Å². The number of carbonyl (C=O) groups is 2. The third-order valence-corrected chi connectivity index (χ3v) is 6.03. The van der Waals surface area contributed by atoms with Gasteiger partial charge in [0.25, 0.3) is 5.56 Å². The van der Waals surface area contributed by atoms with Gasteiger partial charge in [-0.25, -0.2) is 9.59 Å². The summed E-state index contributed by atoms with van der Waals surface area (Å²) in [6, 6.07) is 10.7. The highest BCUT2D eigenvalue weighted by atomic mass is 19.4. The van der Waals surface area contributed by atoms with E-state index in [-0.39, 0.29) is 42.0 Å². The Hall–Kier alpha value is -4.14. The van der Waals surface area contributed by atoms with Crippen molar-refractivity contribution in [1.29, 1.82) is 0 Å². The summed E-state index contributed by atoms with van der Waals surface area (Å²) in [5.41, 5.74) is -1.45. The maximum Gasteiger partial charge on any atom is 0.417 e. The van der Waals surface area contributed by atoms with E-state index in [0.717, 1.165) is 6.07 Å². The molecule has 11 nitrogen and oxygen atoms in total. The number of alkyl carbamates (subject to hydrolysis) is 1. The lowest BCUT2D eigenvalue weighted by atomic mass is 10.0. The molecule has 4 rings (SSSR count). The summed E-state index contributed by atoms with van der Waals surface area (Å²) in [4.78, 5) is 40.7. The van der Waals surface area contributed by atoms with Crippen molar-refractivity contribution in [1.82, 2.24) is 10.3 Å². The summed E-state index contributed by atoms with van der Waals surface area (Å²) < 4.78 is 50.5. The molecule has 0 radical (unpaired) electrons. The Morgan fingerprint density at radius 3 is 2.62 bits per heavy atom. The predicted octanol–water partition coefficient (Wildman–Crippen LogP) is 1.98. The number of hydrogen-bond acceptors (Lipinski definition) is 8. The van der Waals surface area contributed by atoms with Crippen molar-refractivity contribution in [3.63, 3.8) is 0 Å². The fraction of sp³-hybridized carbons (Fsp3) is 0.320. The lowest BCUT2D eigenvalue weighted by Crippen LogP contribution is -2.41. The van der Waals surface area contributed by atoms with Gasteiger partial charge >= 0.3 is 18.4 Å². The van der Waals surface area contributed by atoms with Gasteiger partial charge in [0.15, 0.2) is 6.10 Å². The number of carbonyl (C=O) groups excluding carboxylic acids is 2. The van der Waals surface area contributed by atoms with Crippen LogP contribution >= 0.6 is 0 Å². The number of halogens is 3. The molecule has 0 saturated carbocycles. The summed E-state index contributed by atoms with van der Waals surface area (Å²) in [7, 11) is 0. The number of anilines is 1. The van der Waals surface area contributed by atoms with Gasteiger partial charge < -0.3 is 35.1 Å². The first-order valence-corrected chi connectivity index (χ1v) is 11.7. The molecule has 1 aliphatic heterocycles. The van der Waals surface area contributed by atoms with Crippen molar-refractivity contribution in [3.05, 3.63) is 64.4 Å². The molecule has 39 heavy (non-hydrogen) atoms. The number of H-pyrrole nitrogens is 1. The molecule has 1 fully saturated rings. The van der Waals surface area contributed by atoms with Crippen molar-refractivity contribution in [3.8, 4) is 11.3 Å². The smallest absolute Gasteiger partial charge is 0.417 e. The number of nitrogens with zero attached hydrogens (tertiary/aromatic N) is 1. The molecule has 2 heterocycles. The van der Waals surface area contributed by atoms with Crippen LogP contribution in [0.3, 0.4) is 0 Å². The summed E-state index contributed by atoms with van der Waals surface area (Å²) in [6.07, 6.45) is -10.0. The summed E-state index contributed by atoms with van der Waals surface area (Å²) in [5.74, 6) is 0. The topological polar surface area (TPSA) is 161 Å². The normalized spacial score (nSPS) is 17.1. The molecular weight excluding hydrogens is 527 g/mol. The Bertz CT molecular complexity index is 1430. The van der Waals surface area contributed by atoms with Crippen LogP contribution in [0.2, 0.25) is 0 Å². The molecule has 0 aliphatic carbocycles. The standard InChI is InChI=1S/C25H24F3N3O8/c26-25(27,28)18-4-2-1-3-16(18)19-7-13-5-6-14(8-17(13)22(35)30-19)31-10-15(39-24(31)37)12-38-23(36)29-9-20(33)21(34)11-32/h1-8,15,20-21,32-34H,9-12H2,(H,29,36)(H,30,35)/t15-,20+,21-/m0/s1. The number of pyridine rings is 1. The number of ether oxygens (including phenoxy) is 2. The minimum Gasteiger partial charge on any atom is -0.446 e. The zero-order valence-corrected chi connectivity index (χ0v) is 20.1. The second-order valence-electron chi connectivity index (χ2n) is 8.74. The number of amides is 2. The molecule has 1 aromatic heterocycles. The van der Waals surface area contributed by atoms with Crippen LogP contribution in [-0.4, -0.2) is 77.1 Å². The number of cyclic esters (lactones) is 1. The Morgan fingerprint density at radius 2 is 1.90 bits per heavy atom. The Balaban J connectivity index is 1.45. The highest BCUT2D eigenvalue weighted by molar-refractivity contribution is 5.94. The SMILES string of the molecule is O=C(NC[C@@H](O)[C@@H](O)CO)OC[C@@H]1CN(c2ccc3cc(-c4ccccc4C(F)(F)F)[nH]c(=O)c3c2)C(=O)O1. The first-order valence-electron chi connectivity index (χ1n) is 11.7. The Labute approximate surface area is 218 Å². The Morgan fingerprint density at radius 1 is 1.15 bits per heavy atom. The zero-order valence-electron chi connectivity index (χ0n) is 20.1. The Kier molecular flexibility index (Phi) is 8.09. The second-order valence-corrected chi connectivity index (χ2v) is 8.74. The van der Waals surface area contributed by atoms with Crippen molar-refractivity contribution in [2.45, 2.75) is 24.5 Å². The van der Waals surface area contributed by atoms with Crippen molar-refractivity contribution in [2.75, 3.05) is 31.2 Å². The fourth-order valence-corrected chi connectivity index (χ4v) is 4.01. The van der Waals surface area contributed by atoms with Gasteiger partial charge in [-0.05, 0) is 29.7 Å². The van der Waals surface area contributed by atoms with Crippen LogP contribution in [0.15, 0.2) is 53.3 Å². The molecule has 1 saturated heterocycles. The number of fused-ring (bicyclic) bond motifs is 1. The van der Waals surface area contributed by atoms with Crippen LogP contribution in [0, 0.1) is 0 Å². The molecule has 0 bridgehead atoms. The molecule has 0 unspecified atom stereocenters. The summed E-state index contributed by atoms with van der Waals surface area (Å²) in [6.45, 7) is -1.44. The number of aliphatic hydroxyl groups is 3. The van der Waals surface area contributed by atoms with Crippen molar-refractivity contribution < 1.29 is 47.6 Å². The minimum atomic E-state index is -4.62. The van der Waals surface area contributed by atoms with E-state index in [0.29, 0.717) is 5.39 Å². The lowest BCUT2D eigenvalue weighted by Gasteiger charge is -2.16. The van der Waals surface area contributed by atoms with Gasteiger partial charge in [-0.1, -0.05) is 24.3 Å². The van der Waals surface area contributed by atoms with Crippen LogP contribution in [0.4, 0.5) is 28.4 Å². The third-order valence-electron chi connectivity index (χ3n) is 6.03. The van der Waals surface area contributed by atoms with E-state index in [9.17, 15) is 37.8 Å². The number of hydrogen-bond donors (Lipinski definition) is 5. The number of nitrogens with one attached hydrogen (secondary N) is 2. The molecule has 3 atom stereocenters. The average molecular weight is 551 g/mol. The number of aromatic amines is 1. The van der Waals surface area contributed by atoms with Gasteiger partial charge in [-0.15, -0.1) is 0 Å². The maximum absolute atomic E-state index is 13.5. The predicted molar refractivity (Wildman–Crippen MR) is 131 cm³/mol. The molecule has 2 aromatic carbocycles. The zero-order chi connectivity index (χ0) is 28.3. The summed E-state index contributed by atoms with van der Waals surface area (Å²) >= 11 is 0. The van der Waals surface area contributed by atoms with E-state index in [1.165, 1.54) is 47.4 Å². The quantitative estimate of drug-likeness (QED) is 0.284. The van der Waals surface area contributed by atoms with Gasteiger partial charge in [0.2, 0.25) is 0 Å². The van der Waals surface area contributed by atoms with E-state index in [1.54, 1.807) is 0 Å². The van der Waals surface area contributed by atoms with Gasteiger partial charge in [0.05, 0.1) is 24.8 Å². The fourth-order valence-electron chi connectivity index (χ4n) is 4.01. The highest BCUT2D eigenvalue weighted by Gasteiger charge is 2.35. The van der Waals surface area contributed by atoms with Crippen LogP contribution in [0.5, 0.6) is 0 Å². The molecular formula is C25H24F3N3O8. The number of rotatable bonds is 8. The molecule has 5 N–H and O–H groups in total. The van der Waals surface area contributed by atoms with Crippen molar-refractivity contribution in [2.24, 2.45) is 0 Å². The van der Waals surface area contributed by atoms with Crippen LogP contribution < -0.4 is 15.8 Å². The van der Waals surface area contributed by atoms with Crippen LogP contribution in [0.25, 0.3) is 22.0 Å². The van der Waals surface area contributed by atoms with Gasteiger partial charge in [-0.3, -0.25) is 9.69 Å². The minimum absolute atomic E-state index is 0.0114. The second kappa shape index (κ2) is 11.3. The molecule has 0 spiro atoms. The first-order chi connectivity index (χ1) is 18.5. The number of aliphatic hydroxyl groups excluding tert-OH is 3. The molecule has 208 valence electrons. The van der Waals surface area contributed by atoms with E-state index in [2.05, 4.69) is 10.3 Å². The average Bonchev–Trinajstić information content (AvgIpc) is 3.29. The molecule has 2 amide bonds. The lowest BCUT2D eigenvalue weighted by molar-refractivity contribution is -0.137. The maximum atomic E-state index is 13.5. The largest absolute Gasteiger partial charge is 0.446 e. The monoisotopic (exact) mass is 551 g/mol. The van der Waals surface area contributed by atoms with Gasteiger partial charge in [0, 0.05) is 28.9 Å². The molecule has 3 aromatic rings. The van der Waals surface area contributed by atoms with E-state index < -0.39 is 54.4 Å². The van der Waals surface area contributed by atoms with E-state index >= 15 is 0 Å². The van der Waals surface area contributed by atoms with Crippen molar-refractivity contribution >= 4 is 28.6 Å². The summed E-state index contributed by atoms with van der Waals surface area (Å²) in [5, 5.41) is 30.3. The number of alkyl halides is 3. The number of benzene rings is 2. The van der Waals surface area contributed by atoms with E-state index in [4.69, 9.17) is 14.6 Å². The van der Waals surface area contributed by atoms with Crippen LogP contribution in [0.1, 0.15) is 5.56 Å². The van der Waals surface area contributed by atoms with E-state index in [1.807, 2.05) is 0 Å². The third kappa shape index (κ3) is 6.30. The number of aromatic nitrogens is 1. The molecule has 14 heteroatoms.